The molecular formula is C16H31N3O. The summed E-state index contributed by atoms with van der Waals surface area (Å²) in [5, 5.41) is 3.41. The lowest BCUT2D eigenvalue weighted by Crippen LogP contribution is -2.60. The number of likely N-dealkylation sites (N-methyl/N-ethyl adjacent to an activating group) is 1. The molecule has 20 heavy (non-hydrogen) atoms. The Morgan fingerprint density at radius 1 is 1.30 bits per heavy atom. The molecule has 0 unspecified atom stereocenters. The minimum atomic E-state index is 0.0792. The highest BCUT2D eigenvalue weighted by molar-refractivity contribution is 5.78. The summed E-state index contributed by atoms with van der Waals surface area (Å²) in [5.41, 5.74) is 0.0792. The minimum Gasteiger partial charge on any atom is -0.342 e. The Kier molecular flexibility index (Phi) is 5.08. The Morgan fingerprint density at radius 3 is 2.55 bits per heavy atom. The molecule has 0 bridgehead atoms. The second-order valence-electron chi connectivity index (χ2n) is 7.33. The number of carbonyl (C=O) groups is 1. The van der Waals surface area contributed by atoms with Crippen LogP contribution in [0, 0.1) is 5.92 Å². The van der Waals surface area contributed by atoms with Gasteiger partial charge in [0.15, 0.2) is 0 Å². The Balaban J connectivity index is 1.87. The second-order valence-corrected chi connectivity index (χ2v) is 7.33. The summed E-state index contributed by atoms with van der Waals surface area (Å²) in [7, 11) is 2.00. The van der Waals surface area contributed by atoms with Crippen LogP contribution in [-0.4, -0.2) is 60.5 Å². The number of nitrogens with zero attached hydrogens (tertiary/aromatic N) is 2. The lowest BCUT2D eigenvalue weighted by molar-refractivity contribution is -0.135. The number of nitrogens with one attached hydrogen (secondary N) is 1. The Bertz CT molecular complexity index is 335. The number of rotatable bonds is 3. The molecule has 1 saturated heterocycles. The van der Waals surface area contributed by atoms with E-state index in [0.29, 0.717) is 18.5 Å². The first-order chi connectivity index (χ1) is 9.40. The van der Waals surface area contributed by atoms with E-state index in [-0.39, 0.29) is 5.54 Å². The van der Waals surface area contributed by atoms with E-state index < -0.39 is 0 Å². The third-order valence-corrected chi connectivity index (χ3v) is 5.22. The molecule has 1 aliphatic carbocycles. The van der Waals surface area contributed by atoms with Gasteiger partial charge < -0.3 is 10.2 Å². The van der Waals surface area contributed by atoms with Gasteiger partial charge in [-0.25, -0.2) is 0 Å². The van der Waals surface area contributed by atoms with Crippen molar-refractivity contribution >= 4 is 5.91 Å². The zero-order valence-electron chi connectivity index (χ0n) is 13.6. The Morgan fingerprint density at radius 2 is 1.95 bits per heavy atom. The molecule has 0 atom stereocenters. The first-order valence-electron chi connectivity index (χ1n) is 8.11. The third-order valence-electron chi connectivity index (χ3n) is 5.22. The summed E-state index contributed by atoms with van der Waals surface area (Å²) in [4.78, 5) is 16.9. The van der Waals surface area contributed by atoms with Crippen molar-refractivity contribution in [1.82, 2.24) is 15.1 Å². The lowest BCUT2D eigenvalue weighted by atomic mass is 9.86. The molecule has 0 aromatic heterocycles. The highest BCUT2D eigenvalue weighted by atomic mass is 16.2. The van der Waals surface area contributed by atoms with Crippen molar-refractivity contribution in [2.75, 3.05) is 33.2 Å². The van der Waals surface area contributed by atoms with E-state index in [1.165, 1.54) is 25.7 Å². The SMILES string of the molecule is CC1CCC(N(C)C(=O)CN2CCNCC2(C)C)CC1. The van der Waals surface area contributed by atoms with E-state index in [1.807, 2.05) is 11.9 Å². The summed E-state index contributed by atoms with van der Waals surface area (Å²) in [5.74, 6) is 1.13. The van der Waals surface area contributed by atoms with E-state index in [1.54, 1.807) is 0 Å². The van der Waals surface area contributed by atoms with Crippen LogP contribution in [0.4, 0.5) is 0 Å². The molecule has 1 heterocycles. The zero-order chi connectivity index (χ0) is 14.8. The molecule has 0 spiro atoms. The van der Waals surface area contributed by atoms with Gasteiger partial charge in [0.05, 0.1) is 6.54 Å². The Labute approximate surface area is 123 Å². The van der Waals surface area contributed by atoms with Crippen LogP contribution in [0.15, 0.2) is 0 Å². The molecule has 0 aromatic rings. The average molecular weight is 281 g/mol. The molecule has 116 valence electrons. The van der Waals surface area contributed by atoms with Crippen LogP contribution in [0.1, 0.15) is 46.5 Å². The first-order valence-corrected chi connectivity index (χ1v) is 8.11. The summed E-state index contributed by atoms with van der Waals surface area (Å²) < 4.78 is 0. The maximum Gasteiger partial charge on any atom is 0.236 e. The van der Waals surface area contributed by atoms with Gasteiger partial charge in [-0.2, -0.15) is 0 Å². The maximum absolute atomic E-state index is 12.5. The van der Waals surface area contributed by atoms with E-state index in [2.05, 4.69) is 31.0 Å². The fourth-order valence-electron chi connectivity index (χ4n) is 3.42. The topological polar surface area (TPSA) is 35.6 Å². The van der Waals surface area contributed by atoms with Crippen molar-refractivity contribution < 1.29 is 4.79 Å². The Hall–Kier alpha value is -0.610. The van der Waals surface area contributed by atoms with Gasteiger partial charge in [-0.1, -0.05) is 6.92 Å². The fourth-order valence-corrected chi connectivity index (χ4v) is 3.42. The lowest BCUT2D eigenvalue weighted by Gasteiger charge is -2.43. The third kappa shape index (κ3) is 3.73. The number of hydrogen-bond donors (Lipinski definition) is 1. The molecule has 1 saturated carbocycles. The standard InChI is InChI=1S/C16H31N3O/c1-13-5-7-14(8-6-13)18(4)15(20)11-19-10-9-17-12-16(19,2)3/h13-14,17H,5-12H2,1-4H3. The molecule has 0 radical (unpaired) electrons. The van der Waals surface area contributed by atoms with Crippen LogP contribution in [0.2, 0.25) is 0 Å². The van der Waals surface area contributed by atoms with Gasteiger partial charge in [0, 0.05) is 38.3 Å². The van der Waals surface area contributed by atoms with Crippen LogP contribution in [0.3, 0.4) is 0 Å². The smallest absolute Gasteiger partial charge is 0.236 e. The van der Waals surface area contributed by atoms with E-state index in [9.17, 15) is 4.79 Å². The molecule has 2 aliphatic rings. The normalized spacial score (nSPS) is 31.0. The number of hydrogen-bond acceptors (Lipinski definition) is 3. The molecule has 4 nitrogen and oxygen atoms in total. The van der Waals surface area contributed by atoms with Gasteiger partial charge in [-0.3, -0.25) is 9.69 Å². The van der Waals surface area contributed by atoms with Crippen molar-refractivity contribution in [3.05, 3.63) is 0 Å². The van der Waals surface area contributed by atoms with Gasteiger partial charge in [0.25, 0.3) is 0 Å². The summed E-state index contributed by atoms with van der Waals surface area (Å²) in [6.07, 6.45) is 4.88. The second kappa shape index (κ2) is 6.44. The van der Waals surface area contributed by atoms with Gasteiger partial charge in [0.1, 0.15) is 0 Å². The largest absolute Gasteiger partial charge is 0.342 e. The molecule has 1 aliphatic heterocycles. The van der Waals surface area contributed by atoms with Crippen molar-refractivity contribution in [1.29, 1.82) is 0 Å². The molecular weight excluding hydrogens is 250 g/mol. The molecule has 2 fully saturated rings. The van der Waals surface area contributed by atoms with Crippen LogP contribution < -0.4 is 5.32 Å². The maximum atomic E-state index is 12.5. The van der Waals surface area contributed by atoms with Crippen molar-refractivity contribution in [3.63, 3.8) is 0 Å². The van der Waals surface area contributed by atoms with E-state index >= 15 is 0 Å². The van der Waals surface area contributed by atoms with Gasteiger partial charge >= 0.3 is 0 Å². The molecule has 0 aromatic carbocycles. The number of carbonyl (C=O) groups excluding carboxylic acids is 1. The summed E-state index contributed by atoms with van der Waals surface area (Å²) >= 11 is 0. The molecule has 1 N–H and O–H groups in total. The fraction of sp³-hybridized carbons (Fsp3) is 0.938. The highest BCUT2D eigenvalue weighted by Crippen LogP contribution is 2.26. The monoisotopic (exact) mass is 281 g/mol. The van der Waals surface area contributed by atoms with E-state index in [0.717, 1.165) is 25.6 Å². The van der Waals surface area contributed by atoms with Crippen LogP contribution in [-0.2, 0) is 4.79 Å². The molecule has 1 amide bonds. The van der Waals surface area contributed by atoms with Crippen molar-refractivity contribution in [2.24, 2.45) is 5.92 Å². The number of piperazine rings is 1. The average Bonchev–Trinajstić information content (AvgIpc) is 2.41. The van der Waals surface area contributed by atoms with Crippen LogP contribution in [0.25, 0.3) is 0 Å². The van der Waals surface area contributed by atoms with Gasteiger partial charge in [-0.05, 0) is 45.4 Å². The zero-order valence-corrected chi connectivity index (χ0v) is 13.6. The van der Waals surface area contributed by atoms with E-state index in [4.69, 9.17) is 0 Å². The van der Waals surface area contributed by atoms with Gasteiger partial charge in [0.2, 0.25) is 5.91 Å². The molecule has 4 heteroatoms. The van der Waals surface area contributed by atoms with Gasteiger partial charge in [-0.15, -0.1) is 0 Å². The highest BCUT2D eigenvalue weighted by Gasteiger charge is 2.33. The van der Waals surface area contributed by atoms with Crippen molar-refractivity contribution in [2.45, 2.75) is 58.0 Å². The summed E-state index contributed by atoms with van der Waals surface area (Å²) in [6, 6.07) is 0.463. The predicted octanol–water partition coefficient (Wildman–Crippen LogP) is 1.71. The first kappa shape index (κ1) is 15.8. The predicted molar refractivity (Wildman–Crippen MR) is 82.7 cm³/mol. The molecule has 2 rings (SSSR count). The summed E-state index contributed by atoms with van der Waals surface area (Å²) in [6.45, 7) is 10.2. The number of amides is 1. The van der Waals surface area contributed by atoms with Crippen LogP contribution in [0.5, 0.6) is 0 Å². The quantitative estimate of drug-likeness (QED) is 0.855. The van der Waals surface area contributed by atoms with Crippen LogP contribution >= 0.6 is 0 Å². The van der Waals surface area contributed by atoms with Crippen molar-refractivity contribution in [3.8, 4) is 0 Å². The minimum absolute atomic E-state index is 0.0792.